The number of hydrogen-bond donors (Lipinski definition) is 3. The van der Waals surface area contributed by atoms with Crippen LogP contribution in [0.25, 0.3) is 0 Å². The Morgan fingerprint density at radius 2 is 2.11 bits per heavy atom. The van der Waals surface area contributed by atoms with Crippen molar-refractivity contribution in [3.05, 3.63) is 23.3 Å². The van der Waals surface area contributed by atoms with Crippen LogP contribution in [0.4, 0.5) is 0 Å². The van der Waals surface area contributed by atoms with Crippen LogP contribution in [-0.4, -0.2) is 57.2 Å². The summed E-state index contributed by atoms with van der Waals surface area (Å²) >= 11 is 5.43. The monoisotopic (exact) mass is 394 g/mol. The molecule has 1 fully saturated rings. The number of hydrogen-bond acceptors (Lipinski definition) is 4. The third-order valence-corrected chi connectivity index (χ3v) is 5.30. The van der Waals surface area contributed by atoms with E-state index in [0.717, 1.165) is 69.3 Å². The molecule has 1 atom stereocenters. The molecular formula is C20H32N3O3S+. The molecule has 0 spiro atoms. The van der Waals surface area contributed by atoms with Gasteiger partial charge in [-0.1, -0.05) is 0 Å². The van der Waals surface area contributed by atoms with Crippen molar-refractivity contribution in [2.75, 3.05) is 46.0 Å². The van der Waals surface area contributed by atoms with Gasteiger partial charge in [0.25, 0.3) is 0 Å². The minimum absolute atomic E-state index is 0.231. The molecule has 1 aromatic rings. The smallest absolute Gasteiger partial charge is 0.166 e. The number of quaternary nitrogens is 1. The third kappa shape index (κ3) is 5.96. The quantitative estimate of drug-likeness (QED) is 0.445. The summed E-state index contributed by atoms with van der Waals surface area (Å²) in [5.74, 6) is 1.88. The SMILES string of the molecule is CCOc1cc2c(cc1CNC(=S)NCCC[NH+]1CCOCC1)O[C@@H](C)C2. The largest absolute Gasteiger partial charge is 0.494 e. The van der Waals surface area contributed by atoms with Crippen LogP contribution in [0.5, 0.6) is 11.5 Å². The fraction of sp³-hybridized carbons (Fsp3) is 0.650. The van der Waals surface area contributed by atoms with Gasteiger partial charge in [-0.05, 0) is 38.2 Å². The van der Waals surface area contributed by atoms with Crippen LogP contribution in [-0.2, 0) is 17.7 Å². The van der Waals surface area contributed by atoms with E-state index in [1.54, 1.807) is 4.90 Å². The highest BCUT2D eigenvalue weighted by molar-refractivity contribution is 7.80. The van der Waals surface area contributed by atoms with Gasteiger partial charge in [-0.15, -0.1) is 0 Å². The summed E-state index contributed by atoms with van der Waals surface area (Å²) in [5.41, 5.74) is 2.30. The van der Waals surface area contributed by atoms with Crippen LogP contribution >= 0.6 is 12.2 Å². The molecule has 7 heteroatoms. The second-order valence-electron chi connectivity index (χ2n) is 7.21. The first-order valence-corrected chi connectivity index (χ1v) is 10.4. The van der Waals surface area contributed by atoms with Crippen LogP contribution in [0.1, 0.15) is 31.4 Å². The maximum Gasteiger partial charge on any atom is 0.166 e. The fourth-order valence-corrected chi connectivity index (χ4v) is 3.77. The van der Waals surface area contributed by atoms with Crippen LogP contribution < -0.4 is 25.0 Å². The normalized spacial score (nSPS) is 19.3. The molecule has 1 aromatic carbocycles. The Balaban J connectivity index is 1.43. The molecule has 0 aromatic heterocycles. The number of fused-ring (bicyclic) bond motifs is 1. The second-order valence-corrected chi connectivity index (χ2v) is 7.62. The maximum absolute atomic E-state index is 5.88. The highest BCUT2D eigenvalue weighted by Crippen LogP contribution is 2.35. The molecule has 1 saturated heterocycles. The van der Waals surface area contributed by atoms with Crippen LogP contribution in [0.3, 0.4) is 0 Å². The molecular weight excluding hydrogens is 362 g/mol. The van der Waals surface area contributed by atoms with Gasteiger partial charge in [0.15, 0.2) is 5.11 Å². The summed E-state index contributed by atoms with van der Waals surface area (Å²) < 4.78 is 17.1. The molecule has 0 amide bonds. The molecule has 3 rings (SSSR count). The zero-order valence-corrected chi connectivity index (χ0v) is 17.3. The lowest BCUT2D eigenvalue weighted by atomic mass is 10.1. The average molecular weight is 395 g/mol. The third-order valence-electron chi connectivity index (χ3n) is 5.01. The van der Waals surface area contributed by atoms with Gasteiger partial charge in [0.1, 0.15) is 30.7 Å². The average Bonchev–Trinajstić information content (AvgIpc) is 3.03. The maximum atomic E-state index is 5.88. The number of benzene rings is 1. The van der Waals surface area contributed by atoms with Gasteiger partial charge in [0, 0.05) is 37.1 Å². The lowest BCUT2D eigenvalue weighted by molar-refractivity contribution is -0.908. The lowest BCUT2D eigenvalue weighted by Gasteiger charge is -2.23. The predicted molar refractivity (Wildman–Crippen MR) is 110 cm³/mol. The molecule has 0 unspecified atom stereocenters. The lowest BCUT2D eigenvalue weighted by Crippen LogP contribution is -3.14. The molecule has 150 valence electrons. The molecule has 2 heterocycles. The van der Waals surface area contributed by atoms with Gasteiger partial charge in [-0.25, -0.2) is 0 Å². The van der Waals surface area contributed by atoms with Crippen LogP contribution in [0.2, 0.25) is 0 Å². The first-order valence-electron chi connectivity index (χ1n) is 10.0. The highest BCUT2D eigenvalue weighted by Gasteiger charge is 2.22. The van der Waals surface area contributed by atoms with Crippen molar-refractivity contribution in [1.29, 1.82) is 0 Å². The van der Waals surface area contributed by atoms with Gasteiger partial charge < -0.3 is 29.7 Å². The molecule has 0 aliphatic carbocycles. The zero-order valence-electron chi connectivity index (χ0n) is 16.4. The zero-order chi connectivity index (χ0) is 19.1. The van der Waals surface area contributed by atoms with Crippen molar-refractivity contribution in [3.63, 3.8) is 0 Å². The van der Waals surface area contributed by atoms with E-state index >= 15 is 0 Å². The molecule has 6 nitrogen and oxygen atoms in total. The molecule has 0 radical (unpaired) electrons. The Labute approximate surface area is 167 Å². The van der Waals surface area contributed by atoms with Gasteiger partial charge in [-0.3, -0.25) is 0 Å². The number of rotatable bonds is 8. The van der Waals surface area contributed by atoms with Crippen molar-refractivity contribution in [3.8, 4) is 11.5 Å². The van der Waals surface area contributed by atoms with E-state index < -0.39 is 0 Å². The Morgan fingerprint density at radius 1 is 1.30 bits per heavy atom. The predicted octanol–water partition coefficient (Wildman–Crippen LogP) is 0.678. The van der Waals surface area contributed by atoms with Crippen molar-refractivity contribution in [2.45, 2.75) is 39.3 Å². The Morgan fingerprint density at radius 3 is 2.89 bits per heavy atom. The number of nitrogens with one attached hydrogen (secondary N) is 3. The van der Waals surface area contributed by atoms with E-state index in [4.69, 9.17) is 26.4 Å². The van der Waals surface area contributed by atoms with Gasteiger partial charge in [0.05, 0.1) is 26.4 Å². The van der Waals surface area contributed by atoms with Crippen LogP contribution in [0, 0.1) is 0 Å². The molecule has 27 heavy (non-hydrogen) atoms. The summed E-state index contributed by atoms with van der Waals surface area (Å²) in [6.07, 6.45) is 2.27. The molecule has 3 N–H and O–H groups in total. The first kappa shape index (κ1) is 20.2. The van der Waals surface area contributed by atoms with E-state index in [9.17, 15) is 0 Å². The van der Waals surface area contributed by atoms with Crippen molar-refractivity contribution < 1.29 is 19.1 Å². The number of thiocarbonyl (C=S) groups is 1. The molecule has 2 aliphatic rings. The fourth-order valence-electron chi connectivity index (χ4n) is 3.60. The summed E-state index contributed by atoms with van der Waals surface area (Å²) in [4.78, 5) is 1.62. The number of ether oxygens (including phenoxy) is 3. The minimum Gasteiger partial charge on any atom is -0.494 e. The van der Waals surface area contributed by atoms with E-state index in [-0.39, 0.29) is 6.10 Å². The minimum atomic E-state index is 0.231. The van der Waals surface area contributed by atoms with Crippen molar-refractivity contribution in [2.24, 2.45) is 0 Å². The summed E-state index contributed by atoms with van der Waals surface area (Å²) in [7, 11) is 0. The molecule has 2 aliphatic heterocycles. The topological polar surface area (TPSA) is 56.2 Å². The summed E-state index contributed by atoms with van der Waals surface area (Å²) in [6.45, 7) is 11.4. The standard InChI is InChI=1S/C20H31N3O3S/c1-3-25-18-12-16-11-15(2)26-19(16)13-17(18)14-22-20(27)21-5-4-6-23-7-9-24-10-8-23/h12-13,15H,3-11,14H2,1-2H3,(H2,21,22,27)/p+1/t15-/m0/s1. The van der Waals surface area contributed by atoms with E-state index in [1.165, 1.54) is 5.56 Å². The van der Waals surface area contributed by atoms with Crippen molar-refractivity contribution in [1.82, 2.24) is 10.6 Å². The summed E-state index contributed by atoms with van der Waals surface area (Å²) in [5, 5.41) is 7.29. The van der Waals surface area contributed by atoms with Gasteiger partial charge >= 0.3 is 0 Å². The molecule has 0 bridgehead atoms. The Hall–Kier alpha value is -1.57. The van der Waals surface area contributed by atoms with Crippen molar-refractivity contribution >= 4 is 17.3 Å². The van der Waals surface area contributed by atoms with E-state index in [1.807, 2.05) is 6.92 Å². The van der Waals surface area contributed by atoms with E-state index in [0.29, 0.717) is 18.3 Å². The molecule has 0 saturated carbocycles. The Bertz CT molecular complexity index is 635. The van der Waals surface area contributed by atoms with Crippen LogP contribution in [0.15, 0.2) is 12.1 Å². The number of morpholine rings is 1. The van der Waals surface area contributed by atoms with Gasteiger partial charge in [-0.2, -0.15) is 0 Å². The summed E-state index contributed by atoms with van der Waals surface area (Å²) in [6, 6.07) is 4.20. The highest BCUT2D eigenvalue weighted by atomic mass is 32.1. The van der Waals surface area contributed by atoms with Gasteiger partial charge in [0.2, 0.25) is 0 Å². The first-order chi connectivity index (χ1) is 13.2. The Kier molecular flexibility index (Phi) is 7.55. The van der Waals surface area contributed by atoms with E-state index in [2.05, 4.69) is 29.7 Å². The second kappa shape index (κ2) is 10.1.